The third kappa shape index (κ3) is 5.53. The molecule has 92 valence electrons. The third-order valence-corrected chi connectivity index (χ3v) is 2.61. The van der Waals surface area contributed by atoms with Gasteiger partial charge in [-0.1, -0.05) is 43.9 Å². The molecule has 0 radical (unpaired) electrons. The first kappa shape index (κ1) is 13.8. The Hall–Kier alpha value is -1.30. The lowest BCUT2D eigenvalue weighted by atomic mass is 10.1. The minimum Gasteiger partial charge on any atom is -0.383 e. The molecule has 1 aromatic rings. The maximum Gasteiger partial charge on any atom is 0.0618 e. The van der Waals surface area contributed by atoms with Crippen LogP contribution in [0.4, 0.5) is 0 Å². The molecule has 2 heteroatoms. The Morgan fingerprint density at radius 2 is 1.94 bits per heavy atom. The second-order valence-electron chi connectivity index (χ2n) is 4.35. The highest BCUT2D eigenvalue weighted by Crippen LogP contribution is 2.01. The van der Waals surface area contributed by atoms with Crippen LogP contribution in [0.3, 0.4) is 0 Å². The average molecular weight is 231 g/mol. The first-order valence-electron chi connectivity index (χ1n) is 6.00. The summed E-state index contributed by atoms with van der Waals surface area (Å²) >= 11 is 0. The van der Waals surface area contributed by atoms with E-state index < -0.39 is 0 Å². The van der Waals surface area contributed by atoms with Crippen molar-refractivity contribution in [3.8, 4) is 11.8 Å². The molecular weight excluding hydrogens is 210 g/mol. The van der Waals surface area contributed by atoms with Gasteiger partial charge < -0.3 is 10.1 Å². The minimum absolute atomic E-state index is 0.366. The minimum atomic E-state index is 0.366. The third-order valence-electron chi connectivity index (χ3n) is 2.61. The monoisotopic (exact) mass is 231 g/mol. The molecular formula is C15H21NO. The lowest BCUT2D eigenvalue weighted by Gasteiger charge is -2.19. The molecule has 0 fully saturated rings. The summed E-state index contributed by atoms with van der Waals surface area (Å²) in [7, 11) is 1.73. The van der Waals surface area contributed by atoms with Gasteiger partial charge in [0, 0.05) is 18.7 Å². The topological polar surface area (TPSA) is 21.3 Å². The number of nitrogens with one attached hydrogen (secondary N) is 1. The van der Waals surface area contributed by atoms with Crippen LogP contribution >= 0.6 is 0 Å². The Bertz CT molecular complexity index is 362. The maximum absolute atomic E-state index is 5.17. The number of hydrogen-bond acceptors (Lipinski definition) is 2. The normalized spacial score (nSPS) is 12.0. The largest absolute Gasteiger partial charge is 0.383 e. The van der Waals surface area contributed by atoms with Crippen molar-refractivity contribution >= 4 is 0 Å². The lowest BCUT2D eigenvalue weighted by molar-refractivity contribution is 0.149. The van der Waals surface area contributed by atoms with Crippen LogP contribution in [0, 0.1) is 17.8 Å². The van der Waals surface area contributed by atoms with Gasteiger partial charge >= 0.3 is 0 Å². The van der Waals surface area contributed by atoms with E-state index in [2.05, 4.69) is 31.0 Å². The van der Waals surface area contributed by atoms with Gasteiger partial charge in [-0.2, -0.15) is 0 Å². The predicted molar refractivity (Wildman–Crippen MR) is 71.8 cm³/mol. The summed E-state index contributed by atoms with van der Waals surface area (Å²) in [6.07, 6.45) is 0. The molecule has 1 unspecified atom stereocenters. The molecule has 1 N–H and O–H groups in total. The van der Waals surface area contributed by atoms with Crippen LogP contribution in [-0.4, -0.2) is 26.3 Å². The van der Waals surface area contributed by atoms with E-state index in [9.17, 15) is 0 Å². The molecule has 0 aliphatic carbocycles. The van der Waals surface area contributed by atoms with Crippen molar-refractivity contribution in [2.24, 2.45) is 5.92 Å². The van der Waals surface area contributed by atoms with Crippen molar-refractivity contribution < 1.29 is 4.74 Å². The molecule has 0 aromatic heterocycles. The molecule has 1 rings (SSSR count). The quantitative estimate of drug-likeness (QED) is 0.785. The van der Waals surface area contributed by atoms with E-state index in [0.29, 0.717) is 18.5 Å². The van der Waals surface area contributed by atoms with Crippen LogP contribution in [0.5, 0.6) is 0 Å². The Labute approximate surface area is 104 Å². The fourth-order valence-electron chi connectivity index (χ4n) is 1.52. The van der Waals surface area contributed by atoms with E-state index in [-0.39, 0.29) is 0 Å². The van der Waals surface area contributed by atoms with E-state index in [0.717, 1.165) is 12.2 Å². The van der Waals surface area contributed by atoms with Gasteiger partial charge in [0.2, 0.25) is 0 Å². The molecule has 0 heterocycles. The summed E-state index contributed by atoms with van der Waals surface area (Å²) in [5, 5.41) is 3.39. The Kier molecular flexibility index (Phi) is 6.39. The van der Waals surface area contributed by atoms with Gasteiger partial charge in [0.1, 0.15) is 0 Å². The SMILES string of the molecule is COCC(NCC#Cc1ccccc1)C(C)C. The van der Waals surface area contributed by atoms with Crippen LogP contribution in [0.1, 0.15) is 19.4 Å². The second-order valence-corrected chi connectivity index (χ2v) is 4.35. The number of benzene rings is 1. The van der Waals surface area contributed by atoms with E-state index in [1.54, 1.807) is 7.11 Å². The van der Waals surface area contributed by atoms with Gasteiger partial charge in [-0.15, -0.1) is 0 Å². The van der Waals surface area contributed by atoms with E-state index in [1.807, 2.05) is 30.3 Å². The summed E-state index contributed by atoms with van der Waals surface area (Å²) in [6.45, 7) is 5.79. The maximum atomic E-state index is 5.17. The molecule has 0 aliphatic heterocycles. The van der Waals surface area contributed by atoms with E-state index in [1.165, 1.54) is 0 Å². The van der Waals surface area contributed by atoms with E-state index in [4.69, 9.17) is 4.74 Å². The summed E-state index contributed by atoms with van der Waals surface area (Å²) in [6, 6.07) is 10.4. The zero-order valence-corrected chi connectivity index (χ0v) is 10.9. The molecule has 2 nitrogen and oxygen atoms in total. The van der Waals surface area contributed by atoms with Gasteiger partial charge in [-0.05, 0) is 18.1 Å². The highest BCUT2D eigenvalue weighted by molar-refractivity contribution is 5.33. The van der Waals surface area contributed by atoms with Gasteiger partial charge in [0.05, 0.1) is 13.2 Å². The van der Waals surface area contributed by atoms with Crippen LogP contribution < -0.4 is 5.32 Å². The molecule has 0 amide bonds. The predicted octanol–water partition coefficient (Wildman–Crippen LogP) is 2.30. The average Bonchev–Trinajstić information content (AvgIpc) is 2.34. The molecule has 1 aromatic carbocycles. The smallest absolute Gasteiger partial charge is 0.0618 e. The van der Waals surface area contributed by atoms with Gasteiger partial charge in [-0.25, -0.2) is 0 Å². The first-order chi connectivity index (χ1) is 8.24. The number of methoxy groups -OCH3 is 1. The molecule has 17 heavy (non-hydrogen) atoms. The van der Waals surface area contributed by atoms with Crippen molar-refractivity contribution in [2.45, 2.75) is 19.9 Å². The number of rotatable bonds is 5. The molecule has 0 aliphatic rings. The van der Waals surface area contributed by atoms with Crippen molar-refractivity contribution in [1.82, 2.24) is 5.32 Å². The van der Waals surface area contributed by atoms with E-state index >= 15 is 0 Å². The Morgan fingerprint density at radius 1 is 1.24 bits per heavy atom. The summed E-state index contributed by atoms with van der Waals surface area (Å²) in [5.74, 6) is 6.81. The summed E-state index contributed by atoms with van der Waals surface area (Å²) in [4.78, 5) is 0. The number of ether oxygens (including phenoxy) is 1. The standard InChI is InChI=1S/C15H21NO/c1-13(2)15(12-17-3)16-11-7-10-14-8-5-4-6-9-14/h4-6,8-9,13,15-16H,11-12H2,1-3H3. The number of hydrogen-bond donors (Lipinski definition) is 1. The Balaban J connectivity index is 2.38. The molecule has 0 saturated carbocycles. The Morgan fingerprint density at radius 3 is 2.53 bits per heavy atom. The molecule has 0 spiro atoms. The highest BCUT2D eigenvalue weighted by atomic mass is 16.5. The fraction of sp³-hybridized carbons (Fsp3) is 0.467. The summed E-state index contributed by atoms with van der Waals surface area (Å²) < 4.78 is 5.17. The highest BCUT2D eigenvalue weighted by Gasteiger charge is 2.10. The van der Waals surface area contributed by atoms with Crippen LogP contribution in [0.15, 0.2) is 30.3 Å². The summed E-state index contributed by atoms with van der Waals surface area (Å²) in [5.41, 5.74) is 1.06. The van der Waals surface area contributed by atoms with Gasteiger partial charge in [-0.3, -0.25) is 0 Å². The second kappa shape index (κ2) is 7.89. The van der Waals surface area contributed by atoms with Crippen molar-refractivity contribution in [2.75, 3.05) is 20.3 Å². The molecule has 1 atom stereocenters. The van der Waals surface area contributed by atoms with Crippen molar-refractivity contribution in [3.05, 3.63) is 35.9 Å². The van der Waals surface area contributed by atoms with Gasteiger partial charge in [0.15, 0.2) is 0 Å². The van der Waals surface area contributed by atoms with Crippen LogP contribution in [-0.2, 0) is 4.74 Å². The van der Waals surface area contributed by atoms with Crippen LogP contribution in [0.2, 0.25) is 0 Å². The van der Waals surface area contributed by atoms with Crippen molar-refractivity contribution in [3.63, 3.8) is 0 Å². The van der Waals surface area contributed by atoms with Crippen LogP contribution in [0.25, 0.3) is 0 Å². The van der Waals surface area contributed by atoms with Crippen molar-refractivity contribution in [1.29, 1.82) is 0 Å². The lowest BCUT2D eigenvalue weighted by Crippen LogP contribution is -2.37. The molecule has 0 saturated heterocycles. The molecule has 0 bridgehead atoms. The zero-order valence-electron chi connectivity index (χ0n) is 10.9. The first-order valence-corrected chi connectivity index (χ1v) is 6.00. The fourth-order valence-corrected chi connectivity index (χ4v) is 1.52. The van der Waals surface area contributed by atoms with Gasteiger partial charge in [0.25, 0.3) is 0 Å². The zero-order chi connectivity index (χ0) is 12.5.